The molecule has 0 bridgehead atoms. The molecule has 0 spiro atoms. The maximum absolute atomic E-state index is 12.1. The second-order valence-corrected chi connectivity index (χ2v) is 4.66. The monoisotopic (exact) mass is 249 g/mol. The SMILES string of the molecule is CCCCN(C)C(=O)Cc1cc(C)ccc1OC. The number of benzene rings is 1. The fraction of sp³-hybridized carbons (Fsp3) is 0.533. The van der Waals surface area contributed by atoms with E-state index in [2.05, 4.69) is 6.92 Å². The van der Waals surface area contributed by atoms with Gasteiger partial charge in [0.2, 0.25) is 5.91 Å². The zero-order chi connectivity index (χ0) is 13.5. The van der Waals surface area contributed by atoms with Crippen molar-refractivity contribution < 1.29 is 9.53 Å². The summed E-state index contributed by atoms with van der Waals surface area (Å²) in [5, 5.41) is 0. The van der Waals surface area contributed by atoms with Gasteiger partial charge in [-0.1, -0.05) is 31.0 Å². The van der Waals surface area contributed by atoms with Crippen molar-refractivity contribution in [2.75, 3.05) is 20.7 Å². The summed E-state index contributed by atoms with van der Waals surface area (Å²) >= 11 is 0. The number of amides is 1. The molecule has 0 N–H and O–H groups in total. The molecular formula is C15H23NO2. The lowest BCUT2D eigenvalue weighted by atomic mass is 10.1. The molecule has 0 saturated carbocycles. The quantitative estimate of drug-likeness (QED) is 0.776. The topological polar surface area (TPSA) is 29.5 Å². The van der Waals surface area contributed by atoms with Crippen LogP contribution in [-0.4, -0.2) is 31.5 Å². The van der Waals surface area contributed by atoms with E-state index in [9.17, 15) is 4.79 Å². The number of likely N-dealkylation sites (N-methyl/N-ethyl adjacent to an activating group) is 1. The highest BCUT2D eigenvalue weighted by Gasteiger charge is 2.12. The Morgan fingerprint density at radius 1 is 1.39 bits per heavy atom. The van der Waals surface area contributed by atoms with Gasteiger partial charge in [-0.25, -0.2) is 0 Å². The van der Waals surface area contributed by atoms with E-state index in [1.54, 1.807) is 12.0 Å². The summed E-state index contributed by atoms with van der Waals surface area (Å²) in [4.78, 5) is 13.9. The molecule has 0 heterocycles. The molecule has 3 heteroatoms. The van der Waals surface area contributed by atoms with Gasteiger partial charge in [0.25, 0.3) is 0 Å². The summed E-state index contributed by atoms with van der Waals surface area (Å²) in [7, 11) is 3.50. The minimum Gasteiger partial charge on any atom is -0.496 e. The number of hydrogen-bond acceptors (Lipinski definition) is 2. The highest BCUT2D eigenvalue weighted by Crippen LogP contribution is 2.20. The Morgan fingerprint density at radius 3 is 2.72 bits per heavy atom. The molecule has 1 aromatic carbocycles. The van der Waals surface area contributed by atoms with Gasteiger partial charge in [0.05, 0.1) is 13.5 Å². The third-order valence-corrected chi connectivity index (χ3v) is 3.05. The molecule has 100 valence electrons. The Balaban J connectivity index is 2.71. The molecule has 0 saturated heterocycles. The first-order valence-corrected chi connectivity index (χ1v) is 6.46. The van der Waals surface area contributed by atoms with Gasteiger partial charge in [-0.2, -0.15) is 0 Å². The zero-order valence-corrected chi connectivity index (χ0v) is 11.8. The van der Waals surface area contributed by atoms with Crippen molar-refractivity contribution in [3.05, 3.63) is 29.3 Å². The normalized spacial score (nSPS) is 10.2. The smallest absolute Gasteiger partial charge is 0.226 e. The van der Waals surface area contributed by atoms with Crippen molar-refractivity contribution in [1.29, 1.82) is 0 Å². The number of hydrogen-bond donors (Lipinski definition) is 0. The largest absolute Gasteiger partial charge is 0.496 e. The van der Waals surface area contributed by atoms with Crippen LogP contribution in [0.1, 0.15) is 30.9 Å². The Bertz CT molecular complexity index is 401. The zero-order valence-electron chi connectivity index (χ0n) is 11.8. The van der Waals surface area contributed by atoms with Crippen molar-refractivity contribution in [3.8, 4) is 5.75 Å². The second kappa shape index (κ2) is 7.04. The van der Waals surface area contributed by atoms with Crippen LogP contribution in [-0.2, 0) is 11.2 Å². The lowest BCUT2D eigenvalue weighted by Crippen LogP contribution is -2.29. The standard InChI is InChI=1S/C15H23NO2/c1-5-6-9-16(3)15(17)11-13-10-12(2)7-8-14(13)18-4/h7-8,10H,5-6,9,11H2,1-4H3. The van der Waals surface area contributed by atoms with Gasteiger partial charge in [0.1, 0.15) is 5.75 Å². The predicted molar refractivity (Wildman–Crippen MR) is 74.0 cm³/mol. The molecule has 18 heavy (non-hydrogen) atoms. The predicted octanol–water partition coefficient (Wildman–Crippen LogP) is 2.80. The molecule has 0 aliphatic carbocycles. The molecule has 0 fully saturated rings. The number of rotatable bonds is 6. The number of unbranched alkanes of at least 4 members (excludes halogenated alkanes) is 1. The molecule has 1 rings (SSSR count). The summed E-state index contributed by atoms with van der Waals surface area (Å²) in [6.07, 6.45) is 2.56. The van der Waals surface area contributed by atoms with Gasteiger partial charge < -0.3 is 9.64 Å². The summed E-state index contributed by atoms with van der Waals surface area (Å²) in [5.74, 6) is 0.935. The molecule has 0 radical (unpaired) electrons. The second-order valence-electron chi connectivity index (χ2n) is 4.66. The fourth-order valence-corrected chi connectivity index (χ4v) is 1.86. The van der Waals surface area contributed by atoms with Gasteiger partial charge in [-0.3, -0.25) is 4.79 Å². The maximum atomic E-state index is 12.1. The van der Waals surface area contributed by atoms with Crippen LogP contribution in [0.3, 0.4) is 0 Å². The molecule has 1 aromatic rings. The Morgan fingerprint density at radius 2 is 2.11 bits per heavy atom. The molecule has 0 unspecified atom stereocenters. The van der Waals surface area contributed by atoms with Crippen molar-refractivity contribution >= 4 is 5.91 Å². The minimum absolute atomic E-state index is 0.146. The summed E-state index contributed by atoms with van der Waals surface area (Å²) < 4.78 is 5.29. The number of ether oxygens (including phenoxy) is 1. The molecule has 3 nitrogen and oxygen atoms in total. The summed E-state index contributed by atoms with van der Waals surface area (Å²) in [6, 6.07) is 5.93. The number of nitrogens with zero attached hydrogens (tertiary/aromatic N) is 1. The molecular weight excluding hydrogens is 226 g/mol. The molecule has 0 atom stereocenters. The van der Waals surface area contributed by atoms with Crippen LogP contribution in [0.25, 0.3) is 0 Å². The average molecular weight is 249 g/mol. The van der Waals surface area contributed by atoms with Gasteiger partial charge in [0.15, 0.2) is 0 Å². The highest BCUT2D eigenvalue weighted by molar-refractivity contribution is 5.79. The van der Waals surface area contributed by atoms with Crippen LogP contribution in [0.2, 0.25) is 0 Å². The third-order valence-electron chi connectivity index (χ3n) is 3.05. The van der Waals surface area contributed by atoms with Crippen molar-refractivity contribution in [2.45, 2.75) is 33.1 Å². The molecule has 0 aliphatic heterocycles. The van der Waals surface area contributed by atoms with Crippen LogP contribution >= 0.6 is 0 Å². The van der Waals surface area contributed by atoms with Gasteiger partial charge in [-0.05, 0) is 19.4 Å². The van der Waals surface area contributed by atoms with Gasteiger partial charge in [0, 0.05) is 19.2 Å². The van der Waals surface area contributed by atoms with Gasteiger partial charge >= 0.3 is 0 Å². The first-order valence-electron chi connectivity index (χ1n) is 6.46. The highest BCUT2D eigenvalue weighted by atomic mass is 16.5. The number of carbonyl (C=O) groups is 1. The Labute approximate surface area is 110 Å². The number of carbonyl (C=O) groups excluding carboxylic acids is 1. The average Bonchev–Trinajstić information content (AvgIpc) is 2.36. The van der Waals surface area contributed by atoms with Crippen LogP contribution in [0, 0.1) is 6.92 Å². The first-order chi connectivity index (χ1) is 8.58. The maximum Gasteiger partial charge on any atom is 0.226 e. The Hall–Kier alpha value is -1.51. The lowest BCUT2D eigenvalue weighted by molar-refractivity contribution is -0.129. The van der Waals surface area contributed by atoms with E-state index >= 15 is 0 Å². The van der Waals surface area contributed by atoms with E-state index in [0.717, 1.165) is 36.3 Å². The molecule has 0 aliphatic rings. The summed E-state index contributed by atoms with van der Waals surface area (Å²) in [5.41, 5.74) is 2.11. The van der Waals surface area contributed by atoms with E-state index in [1.807, 2.05) is 32.2 Å². The van der Waals surface area contributed by atoms with E-state index in [-0.39, 0.29) is 5.91 Å². The van der Waals surface area contributed by atoms with Crippen LogP contribution in [0.5, 0.6) is 5.75 Å². The van der Waals surface area contributed by atoms with Crippen LogP contribution in [0.15, 0.2) is 18.2 Å². The van der Waals surface area contributed by atoms with E-state index in [1.165, 1.54) is 0 Å². The van der Waals surface area contributed by atoms with Crippen LogP contribution < -0.4 is 4.74 Å². The molecule has 1 amide bonds. The first kappa shape index (κ1) is 14.6. The van der Waals surface area contributed by atoms with Gasteiger partial charge in [-0.15, -0.1) is 0 Å². The number of aryl methyl sites for hydroxylation is 1. The van der Waals surface area contributed by atoms with E-state index in [4.69, 9.17) is 4.74 Å². The van der Waals surface area contributed by atoms with E-state index < -0.39 is 0 Å². The summed E-state index contributed by atoms with van der Waals surface area (Å²) in [6.45, 7) is 4.97. The number of methoxy groups -OCH3 is 1. The lowest BCUT2D eigenvalue weighted by Gasteiger charge is -2.17. The van der Waals surface area contributed by atoms with Crippen molar-refractivity contribution in [2.24, 2.45) is 0 Å². The van der Waals surface area contributed by atoms with E-state index in [0.29, 0.717) is 6.42 Å². The fourth-order valence-electron chi connectivity index (χ4n) is 1.86. The third kappa shape index (κ3) is 4.06. The Kier molecular flexibility index (Phi) is 5.69. The van der Waals surface area contributed by atoms with Crippen molar-refractivity contribution in [3.63, 3.8) is 0 Å². The minimum atomic E-state index is 0.146. The van der Waals surface area contributed by atoms with Crippen molar-refractivity contribution in [1.82, 2.24) is 4.90 Å². The molecule has 0 aromatic heterocycles. The van der Waals surface area contributed by atoms with Crippen LogP contribution in [0.4, 0.5) is 0 Å².